The molecule has 7 amide bonds. The third kappa shape index (κ3) is 16.6. The number of amides is 7. The largest absolute Gasteiger partial charge is 0.382 e. The van der Waals surface area contributed by atoms with Gasteiger partial charge in [-0.15, -0.1) is 12.3 Å². The summed E-state index contributed by atoms with van der Waals surface area (Å²) in [5.74, 6) is -5.73. The van der Waals surface area contributed by atoms with Gasteiger partial charge in [-0.3, -0.25) is 43.6 Å². The van der Waals surface area contributed by atoms with E-state index in [2.05, 4.69) is 27.2 Å². The minimum absolute atomic E-state index is 0.0630. The van der Waals surface area contributed by atoms with Crippen LogP contribution in [0.2, 0.25) is 0 Å². The first-order valence-electron chi connectivity index (χ1n) is 18.6. The van der Waals surface area contributed by atoms with E-state index < -0.39 is 72.0 Å². The van der Waals surface area contributed by atoms with Crippen LogP contribution >= 0.6 is 0 Å². The maximum Gasteiger partial charge on any atom is 0.272 e. The number of hydroxylamine groups is 1. The van der Waals surface area contributed by atoms with Gasteiger partial charge in [0.05, 0.1) is 12.3 Å². The second-order valence-corrected chi connectivity index (χ2v) is 13.9. The number of nitrogens with one attached hydrogen (secondary N) is 5. The molecule has 17 nitrogen and oxygen atoms in total. The van der Waals surface area contributed by atoms with Gasteiger partial charge in [-0.25, -0.2) is 5.48 Å². The lowest BCUT2D eigenvalue weighted by atomic mass is 9.90. The highest BCUT2D eigenvalue weighted by molar-refractivity contribution is 6.09. The average molecular weight is 792 g/mol. The number of hydrogen-bond acceptors (Lipinski definition) is 10. The van der Waals surface area contributed by atoms with E-state index in [9.17, 15) is 43.5 Å². The molecule has 0 aliphatic heterocycles. The molecule has 0 aromatic heterocycles. The number of benzene rings is 2. The second kappa shape index (κ2) is 24.4. The molecule has 0 spiro atoms. The maximum absolute atomic E-state index is 13.8. The second-order valence-electron chi connectivity index (χ2n) is 13.9. The molecule has 2 rings (SSSR count). The quantitative estimate of drug-likeness (QED) is 0.0212. The summed E-state index contributed by atoms with van der Waals surface area (Å²) >= 11 is 0. The molecule has 0 aliphatic carbocycles. The molecule has 11 N–H and O–H groups in total. The van der Waals surface area contributed by atoms with Crippen LogP contribution in [0.15, 0.2) is 54.6 Å². The molecule has 17 heteroatoms. The predicted molar refractivity (Wildman–Crippen MR) is 207 cm³/mol. The molecule has 0 saturated carbocycles. The van der Waals surface area contributed by atoms with Gasteiger partial charge < -0.3 is 37.8 Å². The summed E-state index contributed by atoms with van der Waals surface area (Å²) in [4.78, 5) is 102. The van der Waals surface area contributed by atoms with Crippen molar-refractivity contribution in [3.8, 4) is 12.3 Å². The number of rotatable bonds is 25. The van der Waals surface area contributed by atoms with Gasteiger partial charge in [0.15, 0.2) is 5.78 Å². The lowest BCUT2D eigenvalue weighted by Gasteiger charge is -2.27. The zero-order chi connectivity index (χ0) is 42.5. The number of carbonyl (C=O) groups excluding carboxylic acids is 8. The highest BCUT2D eigenvalue weighted by Crippen LogP contribution is 2.18. The number of nitrogens with two attached hydrogens (primary N) is 2. The van der Waals surface area contributed by atoms with Crippen molar-refractivity contribution in [1.82, 2.24) is 26.7 Å². The summed E-state index contributed by atoms with van der Waals surface area (Å²) in [7, 11) is 0. The lowest BCUT2D eigenvalue weighted by molar-refractivity contribution is -0.147. The van der Waals surface area contributed by atoms with E-state index >= 15 is 0 Å². The normalized spacial score (nSPS) is 13.4. The van der Waals surface area contributed by atoms with Crippen molar-refractivity contribution in [2.24, 2.45) is 23.3 Å². The van der Waals surface area contributed by atoms with Gasteiger partial charge in [0.1, 0.15) is 24.2 Å². The van der Waals surface area contributed by atoms with E-state index in [4.69, 9.17) is 23.1 Å². The fraction of sp³-hybridized carbons (Fsp3) is 0.450. The number of ketones is 1. The van der Waals surface area contributed by atoms with Gasteiger partial charge in [-0.1, -0.05) is 68.4 Å². The minimum atomic E-state index is -2.02. The summed E-state index contributed by atoms with van der Waals surface area (Å²) in [5.41, 5.74) is 13.6. The third-order valence-electron chi connectivity index (χ3n) is 8.81. The first-order chi connectivity index (χ1) is 27.1. The van der Waals surface area contributed by atoms with Crippen LogP contribution in [0.5, 0.6) is 0 Å². The van der Waals surface area contributed by atoms with Crippen molar-refractivity contribution in [3.63, 3.8) is 0 Å². The number of terminal acetylenes is 1. The summed E-state index contributed by atoms with van der Waals surface area (Å²) < 4.78 is 0. The number of aliphatic hydroxyl groups excluding tert-OH is 1. The van der Waals surface area contributed by atoms with Crippen LogP contribution in [0.4, 0.5) is 0 Å². The van der Waals surface area contributed by atoms with E-state index in [0.717, 1.165) is 0 Å². The van der Waals surface area contributed by atoms with E-state index in [-0.39, 0.29) is 43.3 Å². The number of unbranched alkanes of at least 4 members (excludes halogenated alkanes) is 2. The maximum atomic E-state index is 13.8. The van der Waals surface area contributed by atoms with Crippen LogP contribution in [0, 0.1) is 24.2 Å². The first kappa shape index (κ1) is 47.0. The van der Waals surface area contributed by atoms with Crippen LogP contribution in [0.3, 0.4) is 0 Å². The van der Waals surface area contributed by atoms with Crippen molar-refractivity contribution in [1.29, 1.82) is 0 Å². The summed E-state index contributed by atoms with van der Waals surface area (Å²) in [6.07, 6.45) is 4.39. The Morgan fingerprint density at radius 2 is 1.35 bits per heavy atom. The Morgan fingerprint density at radius 3 is 1.93 bits per heavy atom. The fourth-order valence-corrected chi connectivity index (χ4v) is 5.79. The monoisotopic (exact) mass is 791 g/mol. The number of primary amides is 2. The molecule has 0 bridgehead atoms. The molecule has 5 atom stereocenters. The Hall–Kier alpha value is -6.12. The highest BCUT2D eigenvalue weighted by Gasteiger charge is 2.36. The van der Waals surface area contributed by atoms with Crippen molar-refractivity contribution >= 4 is 47.1 Å². The van der Waals surface area contributed by atoms with E-state index in [0.29, 0.717) is 48.9 Å². The summed E-state index contributed by atoms with van der Waals surface area (Å²) in [5, 5.41) is 29.6. The molecule has 0 aliphatic rings. The minimum Gasteiger partial charge on any atom is -0.382 e. The van der Waals surface area contributed by atoms with Gasteiger partial charge in [-0.2, -0.15) is 0 Å². The standard InChI is InChI=1S/C40H53N7O10/c1-4-5-7-15-33(49)43-20-11-10-14-29(36(42)52)44-38(54)30(22-25-16-18-27(19-17-25)34(50)26-12-8-6-9-13-26)46-39(55)31(23-32(41)48)45-37(53)28(21-24(2)3)35(51)40(56)47-57/h1,6,8-9,12-13,16-19,24,28-31,35,51,57H,5,7,10-11,14-15,20-23H2,2-3H3,(H2,41,48)(H2,42,52)(H,43,49)(H,44,54)(H,45,53)(H,46,55)(H,47,56)/t28-,29?,30+,31+,35+/m1/s1. The Labute approximate surface area is 331 Å². The molecular weight excluding hydrogens is 738 g/mol. The molecule has 2 aromatic rings. The van der Waals surface area contributed by atoms with Crippen molar-refractivity contribution in [3.05, 3.63) is 71.3 Å². The van der Waals surface area contributed by atoms with Crippen LogP contribution in [0.25, 0.3) is 0 Å². The van der Waals surface area contributed by atoms with Crippen molar-refractivity contribution in [2.45, 2.75) is 95.9 Å². The molecule has 2 aromatic carbocycles. The average Bonchev–Trinajstić information content (AvgIpc) is 3.18. The molecule has 0 saturated heterocycles. The van der Waals surface area contributed by atoms with Gasteiger partial charge in [-0.05, 0) is 43.6 Å². The summed E-state index contributed by atoms with van der Waals surface area (Å²) in [6.45, 7) is 3.71. The highest BCUT2D eigenvalue weighted by atomic mass is 16.5. The van der Waals surface area contributed by atoms with Crippen molar-refractivity contribution in [2.75, 3.05) is 6.54 Å². The van der Waals surface area contributed by atoms with Crippen molar-refractivity contribution < 1.29 is 48.7 Å². The SMILES string of the molecule is C#CCCCC(=O)NCCCCC(NC(=O)[C@H](Cc1ccc(C(=O)c2ccccc2)cc1)NC(=O)[C@H](CC(N)=O)NC(=O)[C@H](CC(C)C)[C@H](O)C(=O)NO)C(N)=O. The van der Waals surface area contributed by atoms with Gasteiger partial charge in [0, 0.05) is 36.9 Å². The zero-order valence-corrected chi connectivity index (χ0v) is 32.1. The van der Waals surface area contributed by atoms with Crippen LogP contribution in [-0.2, 0) is 40.0 Å². The molecule has 0 heterocycles. The van der Waals surface area contributed by atoms with Crippen LogP contribution in [0.1, 0.15) is 86.7 Å². The smallest absolute Gasteiger partial charge is 0.272 e. The van der Waals surface area contributed by atoms with E-state index in [1.54, 1.807) is 68.4 Å². The van der Waals surface area contributed by atoms with Gasteiger partial charge in [0.2, 0.25) is 35.4 Å². The Morgan fingerprint density at radius 1 is 0.754 bits per heavy atom. The first-order valence-corrected chi connectivity index (χ1v) is 18.6. The fourth-order valence-electron chi connectivity index (χ4n) is 5.79. The molecule has 0 fully saturated rings. The molecule has 57 heavy (non-hydrogen) atoms. The van der Waals surface area contributed by atoms with E-state index in [1.165, 1.54) is 5.48 Å². The van der Waals surface area contributed by atoms with E-state index in [1.807, 2.05) is 0 Å². The Bertz CT molecular complexity index is 1740. The molecular formula is C40H53N7O10. The molecule has 308 valence electrons. The topological polar surface area (TPSA) is 289 Å². The van der Waals surface area contributed by atoms with Crippen LogP contribution in [-0.4, -0.2) is 88.2 Å². The van der Waals surface area contributed by atoms with Crippen LogP contribution < -0.4 is 38.2 Å². The van der Waals surface area contributed by atoms with Gasteiger partial charge >= 0.3 is 0 Å². The Kier molecular flexibility index (Phi) is 20.1. The Balaban J connectivity index is 2.33. The number of carbonyl (C=O) groups is 8. The predicted octanol–water partition coefficient (Wildman–Crippen LogP) is -0.106. The number of hydrogen-bond donors (Lipinski definition) is 9. The lowest BCUT2D eigenvalue weighted by Crippen LogP contribution is -2.58. The zero-order valence-electron chi connectivity index (χ0n) is 32.1. The molecule has 1 unspecified atom stereocenters. The van der Waals surface area contributed by atoms with Gasteiger partial charge in [0.25, 0.3) is 5.91 Å². The third-order valence-corrected chi connectivity index (χ3v) is 8.81. The number of aliphatic hydroxyl groups is 1. The molecule has 0 radical (unpaired) electrons. The summed E-state index contributed by atoms with van der Waals surface area (Å²) in [6, 6.07) is 10.4.